The topological polar surface area (TPSA) is 66.2 Å². The van der Waals surface area contributed by atoms with Crippen LogP contribution in [0.15, 0.2) is 47.1 Å². The third-order valence-corrected chi connectivity index (χ3v) is 6.74. The first kappa shape index (κ1) is 18.2. The Morgan fingerprint density at radius 2 is 2.03 bits per heavy atom. The Morgan fingerprint density at radius 1 is 1.17 bits per heavy atom. The Balaban J connectivity index is 1.41. The fourth-order valence-corrected chi connectivity index (χ4v) is 5.22. The van der Waals surface area contributed by atoms with Crippen LogP contribution in [-0.2, 0) is 0 Å². The number of carbonyl (C=O) groups excluding carboxylic acids is 1. The van der Waals surface area contributed by atoms with Gasteiger partial charge in [-0.25, -0.2) is 9.97 Å². The molecular formula is C21H17N3O3S2. The first-order valence-electron chi connectivity index (χ1n) is 9.05. The fraction of sp³-hybridized carbons (Fsp3) is 0.190. The summed E-state index contributed by atoms with van der Waals surface area (Å²) in [5, 5.41) is 3.83. The summed E-state index contributed by atoms with van der Waals surface area (Å²) in [6.45, 7) is 4.21. The highest BCUT2D eigenvalue weighted by atomic mass is 32.2. The van der Waals surface area contributed by atoms with Crippen molar-refractivity contribution >= 4 is 39.1 Å². The number of hydrogen-bond acceptors (Lipinski definition) is 7. The molecule has 3 aromatic heterocycles. The predicted molar refractivity (Wildman–Crippen MR) is 114 cm³/mol. The zero-order valence-corrected chi connectivity index (χ0v) is 17.5. The molecule has 0 N–H and O–H groups in total. The number of nitrogens with zero attached hydrogens (tertiary/aromatic N) is 3. The molecule has 0 spiro atoms. The van der Waals surface area contributed by atoms with E-state index in [0.717, 1.165) is 49.4 Å². The number of thioether (sulfide) groups is 1. The Morgan fingerprint density at radius 3 is 2.93 bits per heavy atom. The Labute approximate surface area is 175 Å². The van der Waals surface area contributed by atoms with Crippen LogP contribution in [0.2, 0.25) is 0 Å². The fourth-order valence-electron chi connectivity index (χ4n) is 3.56. The number of ether oxygens (including phenoxy) is 2. The van der Waals surface area contributed by atoms with E-state index in [1.807, 2.05) is 49.6 Å². The molecule has 1 aliphatic rings. The second-order valence-electron chi connectivity index (χ2n) is 6.69. The van der Waals surface area contributed by atoms with Gasteiger partial charge < -0.3 is 14.0 Å². The van der Waals surface area contributed by atoms with E-state index >= 15 is 0 Å². The molecule has 0 atom stereocenters. The van der Waals surface area contributed by atoms with Gasteiger partial charge in [0.2, 0.25) is 6.79 Å². The van der Waals surface area contributed by atoms with Gasteiger partial charge in [-0.3, -0.25) is 4.79 Å². The number of hydrogen-bond donors (Lipinski definition) is 0. The van der Waals surface area contributed by atoms with E-state index in [0.29, 0.717) is 5.75 Å². The molecule has 29 heavy (non-hydrogen) atoms. The zero-order chi connectivity index (χ0) is 20.0. The van der Waals surface area contributed by atoms with E-state index < -0.39 is 0 Å². The summed E-state index contributed by atoms with van der Waals surface area (Å²) in [5.41, 5.74) is 3.59. The molecule has 0 saturated heterocycles. The SMILES string of the molecule is Cc1cc(C(=O)CSc2ncnc3sccc23)c(C)n1-c1ccc2c(c1)OCO2. The molecule has 6 nitrogen and oxygen atoms in total. The van der Waals surface area contributed by atoms with Crippen LogP contribution in [0, 0.1) is 13.8 Å². The van der Waals surface area contributed by atoms with Crippen molar-refractivity contribution in [2.45, 2.75) is 18.9 Å². The Hall–Kier alpha value is -2.84. The van der Waals surface area contributed by atoms with Gasteiger partial charge in [0.05, 0.1) is 5.75 Å². The van der Waals surface area contributed by atoms with Gasteiger partial charge in [0.15, 0.2) is 17.3 Å². The van der Waals surface area contributed by atoms with Crippen molar-refractivity contribution in [2.75, 3.05) is 12.5 Å². The number of aryl methyl sites for hydroxylation is 1. The molecule has 0 unspecified atom stereocenters. The third-order valence-electron chi connectivity index (χ3n) is 4.91. The molecule has 4 heterocycles. The maximum Gasteiger partial charge on any atom is 0.231 e. The molecule has 0 radical (unpaired) electrons. The van der Waals surface area contributed by atoms with E-state index in [1.54, 1.807) is 17.7 Å². The van der Waals surface area contributed by atoms with Crippen LogP contribution < -0.4 is 9.47 Å². The first-order valence-corrected chi connectivity index (χ1v) is 10.9. The highest BCUT2D eigenvalue weighted by Crippen LogP contribution is 2.35. The summed E-state index contributed by atoms with van der Waals surface area (Å²) in [6, 6.07) is 9.76. The van der Waals surface area contributed by atoms with E-state index in [9.17, 15) is 4.79 Å². The lowest BCUT2D eigenvalue weighted by Gasteiger charge is -2.10. The third kappa shape index (κ3) is 3.18. The van der Waals surface area contributed by atoms with Crippen molar-refractivity contribution in [1.29, 1.82) is 0 Å². The van der Waals surface area contributed by atoms with Gasteiger partial charge in [-0.15, -0.1) is 11.3 Å². The number of thiophene rings is 1. The number of aromatic nitrogens is 3. The van der Waals surface area contributed by atoms with Crippen molar-refractivity contribution in [3.63, 3.8) is 0 Å². The minimum Gasteiger partial charge on any atom is -0.454 e. The monoisotopic (exact) mass is 423 g/mol. The van der Waals surface area contributed by atoms with Crippen LogP contribution in [-0.4, -0.2) is 32.9 Å². The maximum absolute atomic E-state index is 13.0. The number of Topliss-reactive ketones (excluding diaryl/α,β-unsaturated/α-hetero) is 1. The van der Waals surface area contributed by atoms with Gasteiger partial charge in [-0.1, -0.05) is 11.8 Å². The number of benzene rings is 1. The molecule has 0 bridgehead atoms. The molecule has 0 aliphatic carbocycles. The summed E-state index contributed by atoms with van der Waals surface area (Å²) in [7, 11) is 0. The van der Waals surface area contributed by atoms with E-state index in [2.05, 4.69) is 14.5 Å². The number of carbonyl (C=O) groups is 1. The molecule has 4 aromatic rings. The molecular weight excluding hydrogens is 406 g/mol. The summed E-state index contributed by atoms with van der Waals surface area (Å²) in [6.07, 6.45) is 1.55. The van der Waals surface area contributed by atoms with Gasteiger partial charge in [-0.05, 0) is 43.5 Å². The highest BCUT2D eigenvalue weighted by molar-refractivity contribution is 8.00. The molecule has 5 rings (SSSR count). The maximum atomic E-state index is 13.0. The molecule has 0 amide bonds. The van der Waals surface area contributed by atoms with Gasteiger partial charge in [0.25, 0.3) is 0 Å². The summed E-state index contributed by atoms with van der Waals surface area (Å²) < 4.78 is 13.0. The van der Waals surface area contributed by atoms with Crippen molar-refractivity contribution in [3.05, 3.63) is 59.0 Å². The molecule has 1 aliphatic heterocycles. The van der Waals surface area contributed by atoms with Gasteiger partial charge in [0, 0.05) is 34.1 Å². The standard InChI is InChI=1S/C21H17N3O3S2/c1-12-7-16(13(2)24(12)14-3-4-18-19(8-14)27-11-26-18)17(25)9-29-21-15-5-6-28-20(15)22-10-23-21/h3-8,10H,9,11H2,1-2H3. The number of fused-ring (bicyclic) bond motifs is 2. The van der Waals surface area contributed by atoms with Crippen LogP contribution in [0.25, 0.3) is 15.9 Å². The van der Waals surface area contributed by atoms with E-state index in [4.69, 9.17) is 9.47 Å². The second-order valence-corrected chi connectivity index (χ2v) is 8.55. The van der Waals surface area contributed by atoms with Crippen LogP contribution in [0.3, 0.4) is 0 Å². The van der Waals surface area contributed by atoms with Gasteiger partial charge >= 0.3 is 0 Å². The van der Waals surface area contributed by atoms with Gasteiger partial charge in [-0.2, -0.15) is 0 Å². The van der Waals surface area contributed by atoms with E-state index in [-0.39, 0.29) is 12.6 Å². The van der Waals surface area contributed by atoms with Crippen molar-refractivity contribution in [2.24, 2.45) is 0 Å². The Bertz CT molecular complexity index is 1250. The zero-order valence-electron chi connectivity index (χ0n) is 15.8. The molecule has 8 heteroatoms. The molecule has 0 saturated carbocycles. The average Bonchev–Trinajstić information content (AvgIpc) is 3.44. The highest BCUT2D eigenvalue weighted by Gasteiger charge is 2.20. The smallest absolute Gasteiger partial charge is 0.231 e. The molecule has 1 aromatic carbocycles. The largest absolute Gasteiger partial charge is 0.454 e. The average molecular weight is 424 g/mol. The second kappa shape index (κ2) is 7.20. The van der Waals surface area contributed by atoms with Crippen molar-refractivity contribution in [1.82, 2.24) is 14.5 Å². The normalized spacial score (nSPS) is 12.6. The van der Waals surface area contributed by atoms with Crippen LogP contribution in [0.4, 0.5) is 0 Å². The lowest BCUT2D eigenvalue weighted by atomic mass is 10.2. The summed E-state index contributed by atoms with van der Waals surface area (Å²) in [5.74, 6) is 1.88. The lowest BCUT2D eigenvalue weighted by molar-refractivity contribution is 0.102. The predicted octanol–water partition coefficient (Wildman–Crippen LogP) is 4.80. The Kier molecular flexibility index (Phi) is 4.52. The number of ketones is 1. The number of rotatable bonds is 5. The first-order chi connectivity index (χ1) is 14.1. The van der Waals surface area contributed by atoms with Crippen LogP contribution in [0.1, 0.15) is 21.7 Å². The van der Waals surface area contributed by atoms with Crippen molar-refractivity contribution in [3.8, 4) is 17.2 Å². The van der Waals surface area contributed by atoms with E-state index in [1.165, 1.54) is 11.8 Å². The van der Waals surface area contributed by atoms with Gasteiger partial charge in [0.1, 0.15) is 16.2 Å². The summed E-state index contributed by atoms with van der Waals surface area (Å²) >= 11 is 3.03. The quantitative estimate of drug-likeness (QED) is 0.261. The van der Waals surface area contributed by atoms with Crippen LogP contribution in [0.5, 0.6) is 11.5 Å². The minimum atomic E-state index is 0.0806. The van der Waals surface area contributed by atoms with Crippen LogP contribution >= 0.6 is 23.1 Å². The minimum absolute atomic E-state index is 0.0806. The summed E-state index contributed by atoms with van der Waals surface area (Å²) in [4.78, 5) is 22.5. The van der Waals surface area contributed by atoms with Crippen molar-refractivity contribution < 1.29 is 14.3 Å². The lowest BCUT2D eigenvalue weighted by Crippen LogP contribution is -2.06. The molecule has 0 fully saturated rings. The molecule has 146 valence electrons.